The Hall–Kier alpha value is -0.720. The number of rotatable bonds is 6. The second-order valence-electron chi connectivity index (χ2n) is 8.82. The molecule has 21 heavy (non-hydrogen) atoms. The largest absolute Gasteiger partial charge is 0.365 e. The van der Waals surface area contributed by atoms with Crippen LogP contribution in [-0.4, -0.2) is 4.98 Å². The standard InChI is InChI=1S/C20H33N/c1-13(2)19-9-15(12-21-19)8-14(3)16-10-18(11-16)20(4,5)17-6-7-17/h9,12-14,16-18,21H,6-8,10-11H2,1-5H3. The van der Waals surface area contributed by atoms with E-state index in [-0.39, 0.29) is 0 Å². The van der Waals surface area contributed by atoms with Gasteiger partial charge in [0.25, 0.3) is 0 Å². The van der Waals surface area contributed by atoms with E-state index < -0.39 is 0 Å². The Balaban J connectivity index is 1.49. The summed E-state index contributed by atoms with van der Waals surface area (Å²) in [4.78, 5) is 3.44. The van der Waals surface area contributed by atoms with E-state index in [0.717, 1.165) is 23.7 Å². The maximum absolute atomic E-state index is 3.44. The Bertz CT molecular complexity index is 472. The number of aromatic amines is 1. The van der Waals surface area contributed by atoms with E-state index in [0.29, 0.717) is 11.3 Å². The molecule has 0 spiro atoms. The van der Waals surface area contributed by atoms with E-state index in [9.17, 15) is 0 Å². The lowest BCUT2D eigenvalue weighted by Gasteiger charge is -2.48. The Morgan fingerprint density at radius 2 is 1.81 bits per heavy atom. The van der Waals surface area contributed by atoms with Crippen LogP contribution in [0.2, 0.25) is 0 Å². The number of aromatic nitrogens is 1. The Kier molecular flexibility index (Phi) is 3.96. The lowest BCUT2D eigenvalue weighted by atomic mass is 9.57. The van der Waals surface area contributed by atoms with Gasteiger partial charge in [-0.2, -0.15) is 0 Å². The Labute approximate surface area is 130 Å². The highest BCUT2D eigenvalue weighted by molar-refractivity contribution is 5.19. The SMILES string of the molecule is CC(C)c1cc(CC(C)C2CC(C(C)(C)C3CC3)C2)c[nH]1. The van der Waals surface area contributed by atoms with Gasteiger partial charge < -0.3 is 4.98 Å². The van der Waals surface area contributed by atoms with Gasteiger partial charge in [0, 0.05) is 11.9 Å². The number of nitrogens with one attached hydrogen (secondary N) is 1. The average molecular weight is 287 g/mol. The predicted molar refractivity (Wildman–Crippen MR) is 90.5 cm³/mol. The van der Waals surface area contributed by atoms with Gasteiger partial charge in [0.15, 0.2) is 0 Å². The second kappa shape index (κ2) is 5.48. The van der Waals surface area contributed by atoms with E-state index in [1.54, 1.807) is 0 Å². The van der Waals surface area contributed by atoms with Gasteiger partial charge in [0.05, 0.1) is 0 Å². The third kappa shape index (κ3) is 3.07. The van der Waals surface area contributed by atoms with E-state index in [4.69, 9.17) is 0 Å². The lowest BCUT2D eigenvalue weighted by molar-refractivity contribution is 0.0196. The fourth-order valence-electron chi connectivity index (χ4n) is 4.34. The number of H-pyrrole nitrogens is 1. The summed E-state index contributed by atoms with van der Waals surface area (Å²) in [6, 6.07) is 2.38. The molecule has 2 saturated carbocycles. The van der Waals surface area contributed by atoms with Gasteiger partial charge in [-0.3, -0.25) is 0 Å². The molecule has 2 aliphatic rings. The first-order valence-corrected chi connectivity index (χ1v) is 9.05. The van der Waals surface area contributed by atoms with Gasteiger partial charge in [0.1, 0.15) is 0 Å². The predicted octanol–water partition coefficient (Wildman–Crippen LogP) is 5.78. The molecular weight excluding hydrogens is 254 g/mol. The minimum Gasteiger partial charge on any atom is -0.365 e. The van der Waals surface area contributed by atoms with Gasteiger partial charge in [-0.15, -0.1) is 0 Å². The lowest BCUT2D eigenvalue weighted by Crippen LogP contribution is -2.40. The summed E-state index contributed by atoms with van der Waals surface area (Å²) in [7, 11) is 0. The zero-order valence-electron chi connectivity index (χ0n) is 14.6. The van der Waals surface area contributed by atoms with Crippen molar-refractivity contribution >= 4 is 0 Å². The molecule has 0 saturated heterocycles. The summed E-state index contributed by atoms with van der Waals surface area (Å²) in [6.45, 7) is 12.0. The van der Waals surface area contributed by atoms with Crippen LogP contribution in [0.5, 0.6) is 0 Å². The fraction of sp³-hybridized carbons (Fsp3) is 0.800. The van der Waals surface area contributed by atoms with E-state index in [1.165, 1.54) is 43.4 Å². The molecule has 1 heteroatoms. The smallest absolute Gasteiger partial charge is 0.0175 e. The quantitative estimate of drug-likeness (QED) is 0.682. The zero-order valence-corrected chi connectivity index (χ0v) is 14.6. The van der Waals surface area contributed by atoms with Crippen LogP contribution in [0.1, 0.15) is 77.5 Å². The normalized spacial score (nSPS) is 27.7. The average Bonchev–Trinajstić information content (AvgIpc) is 3.09. The Morgan fingerprint density at radius 3 is 2.33 bits per heavy atom. The summed E-state index contributed by atoms with van der Waals surface area (Å²) < 4.78 is 0. The van der Waals surface area contributed by atoms with E-state index in [2.05, 4.69) is 51.9 Å². The molecule has 1 nitrogen and oxygen atoms in total. The maximum atomic E-state index is 3.44. The molecule has 1 aromatic rings. The molecule has 1 unspecified atom stereocenters. The van der Waals surface area contributed by atoms with Crippen molar-refractivity contribution < 1.29 is 0 Å². The van der Waals surface area contributed by atoms with Crippen molar-refractivity contribution in [3.63, 3.8) is 0 Å². The molecule has 1 heterocycles. The van der Waals surface area contributed by atoms with Gasteiger partial charge in [-0.1, -0.05) is 34.6 Å². The minimum atomic E-state index is 0.612. The third-order valence-corrected chi connectivity index (χ3v) is 6.61. The van der Waals surface area contributed by atoms with Crippen LogP contribution in [0.25, 0.3) is 0 Å². The Morgan fingerprint density at radius 1 is 1.14 bits per heavy atom. The summed E-state index contributed by atoms with van der Waals surface area (Å²) >= 11 is 0. The van der Waals surface area contributed by atoms with Crippen molar-refractivity contribution in [1.82, 2.24) is 4.98 Å². The molecule has 0 aliphatic heterocycles. The van der Waals surface area contributed by atoms with Crippen molar-refractivity contribution in [1.29, 1.82) is 0 Å². The van der Waals surface area contributed by atoms with E-state index in [1.807, 2.05) is 0 Å². The first-order valence-electron chi connectivity index (χ1n) is 9.05. The molecule has 2 aliphatic carbocycles. The fourth-order valence-corrected chi connectivity index (χ4v) is 4.34. The number of hydrogen-bond acceptors (Lipinski definition) is 0. The first kappa shape index (κ1) is 15.2. The van der Waals surface area contributed by atoms with Gasteiger partial charge in [-0.05, 0) is 78.7 Å². The van der Waals surface area contributed by atoms with Crippen molar-refractivity contribution in [2.24, 2.45) is 29.1 Å². The molecule has 118 valence electrons. The topological polar surface area (TPSA) is 15.8 Å². The molecule has 0 radical (unpaired) electrons. The van der Waals surface area contributed by atoms with Crippen molar-refractivity contribution in [3.8, 4) is 0 Å². The highest BCUT2D eigenvalue weighted by Gasteiger charge is 2.48. The summed E-state index contributed by atoms with van der Waals surface area (Å²) in [6.07, 6.45) is 9.43. The molecule has 0 aromatic carbocycles. The zero-order chi connectivity index (χ0) is 15.2. The molecule has 1 atom stereocenters. The molecule has 0 amide bonds. The van der Waals surface area contributed by atoms with Crippen LogP contribution in [0.15, 0.2) is 12.3 Å². The van der Waals surface area contributed by atoms with Crippen molar-refractivity contribution in [3.05, 3.63) is 23.5 Å². The van der Waals surface area contributed by atoms with Crippen LogP contribution >= 0.6 is 0 Å². The molecular formula is C20H33N. The molecule has 1 aromatic heterocycles. The van der Waals surface area contributed by atoms with Crippen molar-refractivity contribution in [2.45, 2.75) is 72.6 Å². The second-order valence-corrected chi connectivity index (χ2v) is 8.82. The third-order valence-electron chi connectivity index (χ3n) is 6.61. The highest BCUT2D eigenvalue weighted by Crippen LogP contribution is 2.57. The molecule has 2 fully saturated rings. The van der Waals surface area contributed by atoms with Crippen molar-refractivity contribution in [2.75, 3.05) is 0 Å². The van der Waals surface area contributed by atoms with Gasteiger partial charge in [-0.25, -0.2) is 0 Å². The summed E-state index contributed by atoms with van der Waals surface area (Å²) in [5, 5.41) is 0. The van der Waals surface area contributed by atoms with Gasteiger partial charge in [0.2, 0.25) is 0 Å². The molecule has 0 bridgehead atoms. The molecule has 1 N–H and O–H groups in total. The summed E-state index contributed by atoms with van der Waals surface area (Å²) in [5.74, 6) is 4.45. The van der Waals surface area contributed by atoms with Crippen LogP contribution < -0.4 is 0 Å². The first-order chi connectivity index (χ1) is 9.88. The molecule has 3 rings (SSSR count). The van der Waals surface area contributed by atoms with Crippen LogP contribution in [0.4, 0.5) is 0 Å². The van der Waals surface area contributed by atoms with Crippen LogP contribution in [0.3, 0.4) is 0 Å². The van der Waals surface area contributed by atoms with Gasteiger partial charge >= 0.3 is 0 Å². The van der Waals surface area contributed by atoms with E-state index >= 15 is 0 Å². The maximum Gasteiger partial charge on any atom is 0.0175 e. The summed E-state index contributed by atoms with van der Waals surface area (Å²) in [5.41, 5.74) is 3.52. The number of hydrogen-bond donors (Lipinski definition) is 1. The minimum absolute atomic E-state index is 0.612. The monoisotopic (exact) mass is 287 g/mol. The van der Waals surface area contributed by atoms with Crippen LogP contribution in [-0.2, 0) is 6.42 Å². The highest BCUT2D eigenvalue weighted by atomic mass is 14.7. The van der Waals surface area contributed by atoms with Crippen LogP contribution in [0, 0.1) is 29.1 Å².